The van der Waals surface area contributed by atoms with Gasteiger partial charge in [-0.25, -0.2) is 9.59 Å². The van der Waals surface area contributed by atoms with Crippen LogP contribution in [0.2, 0.25) is 0 Å². The molecule has 6 aliphatic carbocycles. The van der Waals surface area contributed by atoms with E-state index < -0.39 is 0 Å². The third-order valence-corrected chi connectivity index (χ3v) is 15.9. The highest BCUT2D eigenvalue weighted by molar-refractivity contribution is 6.03. The van der Waals surface area contributed by atoms with Crippen LogP contribution in [0.5, 0.6) is 0 Å². The fourth-order valence-corrected chi connectivity index (χ4v) is 13.3. The molecule has 4 heteroatoms. The minimum absolute atomic E-state index is 0.0653. The Balaban J connectivity index is 1.10. The van der Waals surface area contributed by atoms with Gasteiger partial charge in [0.25, 0.3) is 0 Å². The number of ether oxygens (including phenoxy) is 2. The fourth-order valence-electron chi connectivity index (χ4n) is 13.3. The van der Waals surface area contributed by atoms with Gasteiger partial charge in [0.05, 0.1) is 11.1 Å². The van der Waals surface area contributed by atoms with Crippen LogP contribution in [-0.4, -0.2) is 24.1 Å². The monoisotopic (exact) mass is 715 g/mol. The summed E-state index contributed by atoms with van der Waals surface area (Å²) in [6, 6.07) is 7.45. The molecule has 0 N–H and O–H groups in total. The summed E-state index contributed by atoms with van der Waals surface area (Å²) in [5, 5.41) is 0. The standard InChI is InChI=1S/C48H74O4/c1-33-27-29-41(45(35-17-7-3-8-18-35)36-19-9-4-10-20-36)43(31-33)51-47(49)39-25-15-16-26-40(39)48(50)52-44-32-34(2)28-30-42(44)46(37-21-11-5-12-22-37)38-23-13-6-14-24-38/h15-16,25-26,33-38,41-46H,3-14,17-24,27-32H2,1-2H3/t33-,34-,41-,42-,43-,44-/m1/s1. The number of benzene rings is 1. The summed E-state index contributed by atoms with van der Waals surface area (Å²) in [6.45, 7) is 4.68. The SMILES string of the molecule is C[C@@H]1CC[C@@H](C(C2CCCCC2)C2CCCCC2)[C@H](OC(=O)c2ccccc2C(=O)O[C@@H]2C[C@H](C)CC[C@H]2C(C2CCCCC2)C2CCCCC2)C1. The van der Waals surface area contributed by atoms with Gasteiger partial charge in [0.2, 0.25) is 0 Å². The van der Waals surface area contributed by atoms with Crippen LogP contribution >= 0.6 is 0 Å². The topological polar surface area (TPSA) is 52.6 Å². The maximum Gasteiger partial charge on any atom is 0.339 e. The maximum atomic E-state index is 14.4. The van der Waals surface area contributed by atoms with Gasteiger partial charge >= 0.3 is 11.9 Å². The molecule has 0 amide bonds. The molecule has 1 aromatic rings. The summed E-state index contributed by atoms with van der Waals surface area (Å²) in [7, 11) is 0. The zero-order valence-corrected chi connectivity index (χ0v) is 33.3. The lowest BCUT2D eigenvalue weighted by Crippen LogP contribution is -2.44. The van der Waals surface area contributed by atoms with Gasteiger partial charge in [-0.05, 0) is 97.0 Å². The van der Waals surface area contributed by atoms with E-state index in [0.29, 0.717) is 46.6 Å². The second-order valence-electron chi connectivity index (χ2n) is 19.3. The third-order valence-electron chi connectivity index (χ3n) is 15.9. The lowest BCUT2D eigenvalue weighted by molar-refractivity contribution is -0.0522. The Hall–Kier alpha value is -1.84. The maximum absolute atomic E-state index is 14.4. The van der Waals surface area contributed by atoms with E-state index in [9.17, 15) is 9.59 Å². The smallest absolute Gasteiger partial charge is 0.339 e. The predicted octanol–water partition coefficient (Wildman–Crippen LogP) is 13.2. The highest BCUT2D eigenvalue weighted by atomic mass is 16.6. The summed E-state index contributed by atoms with van der Waals surface area (Å²) < 4.78 is 13.4. The summed E-state index contributed by atoms with van der Waals surface area (Å²) in [4.78, 5) is 28.7. The Morgan fingerprint density at radius 1 is 0.462 bits per heavy atom. The summed E-state index contributed by atoms with van der Waals surface area (Å²) in [6.07, 6.45) is 33.8. The van der Waals surface area contributed by atoms with Gasteiger partial charge in [0.1, 0.15) is 12.2 Å². The number of esters is 2. The molecule has 6 saturated carbocycles. The zero-order chi connectivity index (χ0) is 35.9. The second-order valence-corrected chi connectivity index (χ2v) is 19.3. The molecule has 0 radical (unpaired) electrons. The molecule has 0 spiro atoms. The molecule has 0 unspecified atom stereocenters. The molecule has 0 aromatic heterocycles. The predicted molar refractivity (Wildman–Crippen MR) is 211 cm³/mol. The molecule has 6 aliphatic rings. The molecule has 52 heavy (non-hydrogen) atoms. The van der Waals surface area contributed by atoms with Gasteiger partial charge in [-0.1, -0.05) is 167 Å². The van der Waals surface area contributed by atoms with Crippen molar-refractivity contribution in [3.8, 4) is 0 Å². The van der Waals surface area contributed by atoms with E-state index in [1.165, 1.54) is 154 Å². The normalized spacial score (nSPS) is 32.2. The number of carbonyl (C=O) groups excluding carboxylic acids is 2. The molecule has 1 aromatic carbocycles. The van der Waals surface area contributed by atoms with E-state index in [0.717, 1.165) is 36.5 Å². The molecular formula is C48H74O4. The number of hydrogen-bond acceptors (Lipinski definition) is 4. The van der Waals surface area contributed by atoms with Gasteiger partial charge in [-0.2, -0.15) is 0 Å². The Labute approximate surface area is 317 Å². The fraction of sp³-hybridized carbons (Fsp3) is 0.833. The van der Waals surface area contributed by atoms with Gasteiger partial charge in [0.15, 0.2) is 0 Å². The highest BCUT2D eigenvalue weighted by Gasteiger charge is 2.46. The molecule has 0 heterocycles. The molecule has 6 atom stereocenters. The highest BCUT2D eigenvalue weighted by Crippen LogP contribution is 2.51. The average molecular weight is 715 g/mol. The first-order chi connectivity index (χ1) is 25.5. The van der Waals surface area contributed by atoms with Crippen molar-refractivity contribution >= 4 is 11.9 Å². The van der Waals surface area contributed by atoms with Gasteiger partial charge < -0.3 is 9.47 Å². The van der Waals surface area contributed by atoms with Crippen LogP contribution in [-0.2, 0) is 9.47 Å². The Bertz CT molecular complexity index is 1130. The Kier molecular flexibility index (Phi) is 13.8. The third kappa shape index (κ3) is 9.33. The van der Waals surface area contributed by atoms with Crippen LogP contribution in [0.3, 0.4) is 0 Å². The average Bonchev–Trinajstić information content (AvgIpc) is 3.18. The van der Waals surface area contributed by atoms with Crippen LogP contribution in [0.4, 0.5) is 0 Å². The molecular weight excluding hydrogens is 641 g/mol. The van der Waals surface area contributed by atoms with Crippen LogP contribution in [0.15, 0.2) is 24.3 Å². The van der Waals surface area contributed by atoms with Crippen molar-refractivity contribution < 1.29 is 19.1 Å². The summed E-state index contributed by atoms with van der Waals surface area (Å²) in [5.41, 5.74) is 0.820. The molecule has 0 aliphatic heterocycles. The van der Waals surface area contributed by atoms with Crippen molar-refractivity contribution in [1.29, 1.82) is 0 Å². The molecule has 0 bridgehead atoms. The second kappa shape index (κ2) is 18.7. The van der Waals surface area contributed by atoms with Gasteiger partial charge in [-0.3, -0.25) is 0 Å². The van der Waals surface area contributed by atoms with Crippen molar-refractivity contribution in [2.75, 3.05) is 0 Å². The van der Waals surface area contributed by atoms with Crippen molar-refractivity contribution in [3.05, 3.63) is 35.4 Å². The lowest BCUT2D eigenvalue weighted by Gasteiger charge is -2.47. The van der Waals surface area contributed by atoms with E-state index >= 15 is 0 Å². The first kappa shape index (κ1) is 38.4. The van der Waals surface area contributed by atoms with Gasteiger partial charge in [0, 0.05) is 0 Å². The van der Waals surface area contributed by atoms with Crippen LogP contribution in [0.1, 0.15) is 202 Å². The molecule has 290 valence electrons. The largest absolute Gasteiger partial charge is 0.458 e. The van der Waals surface area contributed by atoms with Crippen molar-refractivity contribution in [1.82, 2.24) is 0 Å². The van der Waals surface area contributed by atoms with E-state index in [2.05, 4.69) is 13.8 Å². The quantitative estimate of drug-likeness (QED) is 0.226. The molecule has 6 fully saturated rings. The lowest BCUT2D eigenvalue weighted by atomic mass is 9.60. The van der Waals surface area contributed by atoms with Crippen LogP contribution < -0.4 is 0 Å². The number of rotatable bonds is 10. The van der Waals surface area contributed by atoms with E-state index in [1.54, 1.807) is 0 Å². The summed E-state index contributed by atoms with van der Waals surface area (Å²) in [5.74, 6) is 5.79. The van der Waals surface area contributed by atoms with Crippen molar-refractivity contribution in [2.24, 2.45) is 59.2 Å². The van der Waals surface area contributed by atoms with Crippen molar-refractivity contribution in [3.63, 3.8) is 0 Å². The van der Waals surface area contributed by atoms with E-state index in [-0.39, 0.29) is 24.1 Å². The Morgan fingerprint density at radius 3 is 1.08 bits per heavy atom. The number of hydrogen-bond donors (Lipinski definition) is 0. The minimum atomic E-state index is -0.307. The van der Waals surface area contributed by atoms with Crippen LogP contribution in [0.25, 0.3) is 0 Å². The summed E-state index contributed by atoms with van der Waals surface area (Å²) >= 11 is 0. The van der Waals surface area contributed by atoms with E-state index in [4.69, 9.17) is 9.47 Å². The van der Waals surface area contributed by atoms with Gasteiger partial charge in [-0.15, -0.1) is 0 Å². The minimum Gasteiger partial charge on any atom is -0.458 e. The van der Waals surface area contributed by atoms with Crippen LogP contribution in [0, 0.1) is 59.2 Å². The first-order valence-corrected chi connectivity index (χ1v) is 23.0. The van der Waals surface area contributed by atoms with Crippen molar-refractivity contribution in [2.45, 2.75) is 193 Å². The molecule has 0 saturated heterocycles. The van der Waals surface area contributed by atoms with E-state index in [1.807, 2.05) is 24.3 Å². The Morgan fingerprint density at radius 2 is 0.769 bits per heavy atom. The zero-order valence-electron chi connectivity index (χ0n) is 33.3. The molecule has 4 nitrogen and oxygen atoms in total. The first-order valence-electron chi connectivity index (χ1n) is 23.0. The molecule has 7 rings (SSSR count). The number of carbonyl (C=O) groups is 2.